The summed E-state index contributed by atoms with van der Waals surface area (Å²) in [7, 11) is 0. The first kappa shape index (κ1) is 27.0. The average Bonchev–Trinajstić information content (AvgIpc) is 3.21. The molecule has 7 nitrogen and oxygen atoms in total. The van der Waals surface area contributed by atoms with Crippen LogP contribution in [0.2, 0.25) is 0 Å². The summed E-state index contributed by atoms with van der Waals surface area (Å²) in [5, 5.41) is 4.69. The lowest BCUT2D eigenvalue weighted by Crippen LogP contribution is -2.27. The van der Waals surface area contributed by atoms with E-state index in [1.165, 1.54) is 4.90 Å². The van der Waals surface area contributed by atoms with Crippen LogP contribution in [0.25, 0.3) is 16.8 Å². The number of imide groups is 1. The molecule has 1 heterocycles. The van der Waals surface area contributed by atoms with Crippen LogP contribution in [0.3, 0.4) is 0 Å². The lowest BCUT2D eigenvalue weighted by atomic mass is 10.1. The molecule has 0 aromatic heterocycles. The molecule has 0 spiro atoms. The highest BCUT2D eigenvalue weighted by Gasteiger charge is 2.35. The van der Waals surface area contributed by atoms with Crippen LogP contribution in [0.5, 0.6) is 11.5 Å². The number of fused-ring (bicyclic) bond motifs is 1. The molecule has 4 aromatic carbocycles. The highest BCUT2D eigenvalue weighted by atomic mass is 32.2. The molecule has 4 aromatic rings. The third-order valence-electron chi connectivity index (χ3n) is 6.37. The van der Waals surface area contributed by atoms with Crippen LogP contribution in [-0.4, -0.2) is 35.2 Å². The van der Waals surface area contributed by atoms with E-state index in [0.29, 0.717) is 28.6 Å². The Bertz CT molecular complexity index is 1630. The van der Waals surface area contributed by atoms with Crippen molar-refractivity contribution in [2.24, 2.45) is 0 Å². The molecule has 0 aliphatic carbocycles. The largest absolute Gasteiger partial charge is 0.490 e. The molecule has 1 aliphatic heterocycles. The minimum atomic E-state index is -0.339. The highest BCUT2D eigenvalue weighted by molar-refractivity contribution is 8.18. The van der Waals surface area contributed by atoms with Gasteiger partial charge in [-0.05, 0) is 83.4 Å². The van der Waals surface area contributed by atoms with E-state index in [-0.39, 0.29) is 30.2 Å². The van der Waals surface area contributed by atoms with Crippen molar-refractivity contribution in [3.05, 3.63) is 107 Å². The van der Waals surface area contributed by atoms with Crippen molar-refractivity contribution in [2.75, 3.05) is 18.5 Å². The Hall–Kier alpha value is -4.56. The Labute approximate surface area is 236 Å². The second-order valence-electron chi connectivity index (χ2n) is 9.24. The summed E-state index contributed by atoms with van der Waals surface area (Å²) >= 11 is 0.913. The van der Waals surface area contributed by atoms with Gasteiger partial charge in [-0.3, -0.25) is 19.3 Å². The number of anilines is 1. The molecule has 0 saturated carbocycles. The van der Waals surface area contributed by atoms with Gasteiger partial charge in [-0.15, -0.1) is 0 Å². The van der Waals surface area contributed by atoms with Crippen LogP contribution < -0.4 is 14.8 Å². The predicted octanol–water partition coefficient (Wildman–Crippen LogP) is 6.80. The zero-order chi connectivity index (χ0) is 28.1. The van der Waals surface area contributed by atoms with E-state index < -0.39 is 0 Å². The number of hydrogen-bond donors (Lipinski definition) is 1. The number of amides is 3. The standard InChI is InChI=1S/C32H28N2O5S/c1-3-38-28-17-22(13-15-27(28)39-20-30(35)33-26-11-7-4-8-21(26)2)18-29-31(36)34(32(37)40-29)19-23-12-14-24-9-5-6-10-25(24)16-23/h4-18H,3,19-20H2,1-2H3,(H,33,35)/b29-18-. The Morgan fingerprint density at radius 1 is 0.900 bits per heavy atom. The molecule has 3 amide bonds. The molecule has 8 heteroatoms. The average molecular weight is 553 g/mol. The van der Waals surface area contributed by atoms with Gasteiger partial charge in [-0.1, -0.05) is 60.7 Å². The van der Waals surface area contributed by atoms with Crippen molar-refractivity contribution < 1.29 is 23.9 Å². The summed E-state index contributed by atoms with van der Waals surface area (Å²) < 4.78 is 11.5. The Morgan fingerprint density at radius 3 is 2.48 bits per heavy atom. The molecule has 1 fully saturated rings. The minimum Gasteiger partial charge on any atom is -0.490 e. The second-order valence-corrected chi connectivity index (χ2v) is 10.2. The lowest BCUT2D eigenvalue weighted by molar-refractivity contribution is -0.123. The molecule has 5 rings (SSSR count). The third-order valence-corrected chi connectivity index (χ3v) is 7.28. The van der Waals surface area contributed by atoms with E-state index in [1.54, 1.807) is 24.3 Å². The summed E-state index contributed by atoms with van der Waals surface area (Å²) in [5.74, 6) is 0.217. The summed E-state index contributed by atoms with van der Waals surface area (Å²) in [6.45, 7) is 4.16. The van der Waals surface area contributed by atoms with Crippen molar-refractivity contribution >= 4 is 51.4 Å². The van der Waals surface area contributed by atoms with E-state index >= 15 is 0 Å². The molecule has 1 N–H and O–H groups in total. The van der Waals surface area contributed by atoms with Crippen molar-refractivity contribution in [2.45, 2.75) is 20.4 Å². The summed E-state index contributed by atoms with van der Waals surface area (Å²) in [6, 6.07) is 26.6. The van der Waals surface area contributed by atoms with E-state index in [9.17, 15) is 14.4 Å². The quantitative estimate of drug-likeness (QED) is 0.230. The van der Waals surface area contributed by atoms with Crippen molar-refractivity contribution in [3.63, 3.8) is 0 Å². The van der Waals surface area contributed by atoms with E-state index in [4.69, 9.17) is 9.47 Å². The molecule has 0 atom stereocenters. The Kier molecular flexibility index (Phi) is 8.17. The number of aryl methyl sites for hydroxylation is 1. The molecular formula is C32H28N2O5S. The van der Waals surface area contributed by atoms with Gasteiger partial charge in [-0.25, -0.2) is 0 Å². The second kappa shape index (κ2) is 12.1. The van der Waals surface area contributed by atoms with Gasteiger partial charge in [0.1, 0.15) is 0 Å². The van der Waals surface area contributed by atoms with Crippen LogP contribution in [0, 0.1) is 6.92 Å². The zero-order valence-corrected chi connectivity index (χ0v) is 23.0. The van der Waals surface area contributed by atoms with Crippen LogP contribution in [0.15, 0.2) is 89.8 Å². The monoisotopic (exact) mass is 552 g/mol. The van der Waals surface area contributed by atoms with Gasteiger partial charge in [0.15, 0.2) is 18.1 Å². The maximum Gasteiger partial charge on any atom is 0.293 e. The molecule has 1 saturated heterocycles. The van der Waals surface area contributed by atoms with E-state index in [2.05, 4.69) is 5.32 Å². The number of thioether (sulfide) groups is 1. The SMILES string of the molecule is CCOc1cc(/C=C2\SC(=O)N(Cc3ccc4ccccc4c3)C2=O)ccc1OCC(=O)Nc1ccccc1C. The van der Waals surface area contributed by atoms with Gasteiger partial charge in [0.05, 0.1) is 18.1 Å². The first-order valence-corrected chi connectivity index (χ1v) is 13.7. The Morgan fingerprint density at radius 2 is 1.68 bits per heavy atom. The smallest absolute Gasteiger partial charge is 0.293 e. The number of nitrogens with one attached hydrogen (secondary N) is 1. The van der Waals surface area contributed by atoms with Gasteiger partial charge >= 0.3 is 0 Å². The number of benzene rings is 4. The van der Waals surface area contributed by atoms with Gasteiger partial charge in [-0.2, -0.15) is 0 Å². The first-order valence-electron chi connectivity index (χ1n) is 12.9. The highest BCUT2D eigenvalue weighted by Crippen LogP contribution is 2.35. The minimum absolute atomic E-state index is 0.193. The number of carbonyl (C=O) groups excluding carboxylic acids is 3. The number of para-hydroxylation sites is 1. The molecule has 0 radical (unpaired) electrons. The molecule has 0 bridgehead atoms. The molecule has 202 valence electrons. The summed E-state index contributed by atoms with van der Waals surface area (Å²) in [4.78, 5) is 39.9. The maximum atomic E-state index is 13.1. The fourth-order valence-electron chi connectivity index (χ4n) is 4.35. The van der Waals surface area contributed by atoms with Gasteiger partial charge < -0.3 is 14.8 Å². The Balaban J connectivity index is 1.27. The number of nitrogens with zero attached hydrogens (tertiary/aromatic N) is 1. The fourth-order valence-corrected chi connectivity index (χ4v) is 5.19. The predicted molar refractivity (Wildman–Crippen MR) is 158 cm³/mol. The normalized spacial score (nSPS) is 14.2. The topological polar surface area (TPSA) is 84.9 Å². The number of rotatable bonds is 9. The number of ether oxygens (including phenoxy) is 2. The first-order chi connectivity index (χ1) is 19.4. The molecule has 40 heavy (non-hydrogen) atoms. The van der Waals surface area contributed by atoms with Crippen LogP contribution in [-0.2, 0) is 16.1 Å². The van der Waals surface area contributed by atoms with Gasteiger partial charge in [0, 0.05) is 5.69 Å². The number of carbonyl (C=O) groups is 3. The van der Waals surface area contributed by atoms with Gasteiger partial charge in [0.25, 0.3) is 17.1 Å². The van der Waals surface area contributed by atoms with Crippen molar-refractivity contribution in [1.29, 1.82) is 0 Å². The zero-order valence-electron chi connectivity index (χ0n) is 22.2. The van der Waals surface area contributed by atoms with Crippen molar-refractivity contribution in [1.82, 2.24) is 4.90 Å². The lowest BCUT2D eigenvalue weighted by Gasteiger charge is -2.14. The van der Waals surface area contributed by atoms with Crippen LogP contribution in [0.4, 0.5) is 10.5 Å². The molecular weight excluding hydrogens is 524 g/mol. The maximum absolute atomic E-state index is 13.1. The fraction of sp³-hybridized carbons (Fsp3) is 0.156. The molecule has 0 unspecified atom stereocenters. The van der Waals surface area contributed by atoms with Crippen molar-refractivity contribution in [3.8, 4) is 11.5 Å². The van der Waals surface area contributed by atoms with Crippen LogP contribution in [0.1, 0.15) is 23.6 Å². The molecule has 1 aliphatic rings. The van der Waals surface area contributed by atoms with E-state index in [1.807, 2.05) is 80.6 Å². The van der Waals surface area contributed by atoms with E-state index in [0.717, 1.165) is 39.3 Å². The van der Waals surface area contributed by atoms with Crippen LogP contribution >= 0.6 is 11.8 Å². The third kappa shape index (κ3) is 6.18. The summed E-state index contributed by atoms with van der Waals surface area (Å²) in [6.07, 6.45) is 1.67. The summed E-state index contributed by atoms with van der Waals surface area (Å²) in [5.41, 5.74) is 3.24. The number of hydrogen-bond acceptors (Lipinski definition) is 6. The van der Waals surface area contributed by atoms with Gasteiger partial charge in [0.2, 0.25) is 0 Å².